The van der Waals surface area contributed by atoms with Gasteiger partial charge in [-0.2, -0.15) is 4.98 Å². The summed E-state index contributed by atoms with van der Waals surface area (Å²) in [7, 11) is 0. The summed E-state index contributed by atoms with van der Waals surface area (Å²) in [4.78, 5) is 4.31. The average Bonchev–Trinajstić information content (AvgIpc) is 2.94. The van der Waals surface area contributed by atoms with E-state index in [2.05, 4.69) is 26.1 Å². The highest BCUT2D eigenvalue weighted by Crippen LogP contribution is 2.29. The first-order chi connectivity index (χ1) is 10.0. The molecule has 6 heteroatoms. The molecule has 2 N–H and O–H groups in total. The van der Waals surface area contributed by atoms with Crippen LogP contribution in [0, 0.1) is 12.7 Å². The minimum absolute atomic E-state index is 0.325. The number of nitrogens with two attached hydrogens (primary N) is 1. The van der Waals surface area contributed by atoms with Gasteiger partial charge in [-0.15, -0.1) is 0 Å². The summed E-state index contributed by atoms with van der Waals surface area (Å²) in [6, 6.07) is 9.78. The molecule has 0 aliphatic heterocycles. The molecule has 0 atom stereocenters. The summed E-state index contributed by atoms with van der Waals surface area (Å²) in [5, 5.41) is 3.90. The van der Waals surface area contributed by atoms with Gasteiger partial charge >= 0.3 is 0 Å². The molecule has 0 saturated carbocycles. The second-order valence-electron chi connectivity index (χ2n) is 4.62. The van der Waals surface area contributed by atoms with Crippen molar-refractivity contribution in [3.05, 3.63) is 52.3 Å². The summed E-state index contributed by atoms with van der Waals surface area (Å²) in [5.41, 5.74) is 8.73. The molecular weight excluding hydrogens is 337 g/mol. The predicted octanol–water partition coefficient (Wildman–Crippen LogP) is 4.20. The molecule has 1 aromatic heterocycles. The number of nitrogen functional groups attached to an aromatic ring is 1. The Morgan fingerprint density at radius 1 is 1.19 bits per heavy atom. The van der Waals surface area contributed by atoms with Gasteiger partial charge in [0.25, 0.3) is 5.89 Å². The van der Waals surface area contributed by atoms with Gasteiger partial charge in [0, 0.05) is 21.3 Å². The summed E-state index contributed by atoms with van der Waals surface area (Å²) in [6.45, 7) is 1.90. The van der Waals surface area contributed by atoms with E-state index in [0.29, 0.717) is 27.4 Å². The summed E-state index contributed by atoms with van der Waals surface area (Å²) >= 11 is 3.35. The molecule has 0 spiro atoms. The van der Waals surface area contributed by atoms with Crippen molar-refractivity contribution in [3.63, 3.8) is 0 Å². The Kier molecular flexibility index (Phi) is 3.47. The Labute approximate surface area is 128 Å². The third-order valence-electron chi connectivity index (χ3n) is 3.11. The monoisotopic (exact) mass is 347 g/mol. The third kappa shape index (κ3) is 2.67. The van der Waals surface area contributed by atoms with E-state index < -0.39 is 0 Å². The van der Waals surface area contributed by atoms with Crippen LogP contribution in [0.25, 0.3) is 22.8 Å². The van der Waals surface area contributed by atoms with Crippen LogP contribution >= 0.6 is 15.9 Å². The van der Waals surface area contributed by atoms with E-state index in [9.17, 15) is 4.39 Å². The first-order valence-corrected chi connectivity index (χ1v) is 6.99. The SMILES string of the molecule is Cc1cc(-c2nc(-c3cc(F)ccc3Br)no2)ccc1N. The van der Waals surface area contributed by atoms with Crippen LogP contribution in [0.3, 0.4) is 0 Å². The Morgan fingerprint density at radius 2 is 2.00 bits per heavy atom. The van der Waals surface area contributed by atoms with Crippen LogP contribution < -0.4 is 5.73 Å². The number of aromatic nitrogens is 2. The minimum Gasteiger partial charge on any atom is -0.399 e. The molecule has 1 heterocycles. The largest absolute Gasteiger partial charge is 0.399 e. The number of anilines is 1. The van der Waals surface area contributed by atoms with Crippen LogP contribution in [0.15, 0.2) is 45.4 Å². The van der Waals surface area contributed by atoms with Gasteiger partial charge in [0.1, 0.15) is 5.82 Å². The number of nitrogens with zero attached hydrogens (tertiary/aromatic N) is 2. The molecule has 0 aliphatic carbocycles. The van der Waals surface area contributed by atoms with Crippen molar-refractivity contribution in [2.75, 3.05) is 5.73 Å². The van der Waals surface area contributed by atoms with Crippen LogP contribution in [-0.4, -0.2) is 10.1 Å². The molecule has 0 bridgehead atoms. The molecule has 0 amide bonds. The zero-order chi connectivity index (χ0) is 15.0. The van der Waals surface area contributed by atoms with Crippen molar-refractivity contribution in [2.45, 2.75) is 6.92 Å². The van der Waals surface area contributed by atoms with E-state index in [4.69, 9.17) is 10.3 Å². The molecule has 0 radical (unpaired) electrons. The summed E-state index contributed by atoms with van der Waals surface area (Å²) < 4.78 is 19.3. The molecule has 3 aromatic rings. The molecule has 4 nitrogen and oxygen atoms in total. The van der Waals surface area contributed by atoms with Gasteiger partial charge in [0.2, 0.25) is 5.82 Å². The zero-order valence-corrected chi connectivity index (χ0v) is 12.7. The second kappa shape index (κ2) is 5.29. The van der Waals surface area contributed by atoms with Crippen LogP contribution in [-0.2, 0) is 0 Å². The van der Waals surface area contributed by atoms with E-state index in [0.717, 1.165) is 11.1 Å². The van der Waals surface area contributed by atoms with Gasteiger partial charge in [0.05, 0.1) is 0 Å². The van der Waals surface area contributed by atoms with Crippen LogP contribution in [0.2, 0.25) is 0 Å². The van der Waals surface area contributed by atoms with Crippen molar-refractivity contribution < 1.29 is 8.91 Å². The fourth-order valence-corrected chi connectivity index (χ4v) is 2.35. The molecule has 0 unspecified atom stereocenters. The number of halogens is 2. The molecule has 0 saturated heterocycles. The zero-order valence-electron chi connectivity index (χ0n) is 11.1. The number of hydrogen-bond acceptors (Lipinski definition) is 4. The van der Waals surface area contributed by atoms with Gasteiger partial charge in [-0.1, -0.05) is 21.1 Å². The highest BCUT2D eigenvalue weighted by atomic mass is 79.9. The van der Waals surface area contributed by atoms with Crippen molar-refractivity contribution in [3.8, 4) is 22.8 Å². The maximum Gasteiger partial charge on any atom is 0.258 e. The fourth-order valence-electron chi connectivity index (χ4n) is 1.93. The van der Waals surface area contributed by atoms with Gasteiger partial charge < -0.3 is 10.3 Å². The quantitative estimate of drug-likeness (QED) is 0.705. The Balaban J connectivity index is 2.03. The van der Waals surface area contributed by atoms with Crippen LogP contribution in [0.4, 0.5) is 10.1 Å². The molecule has 0 fully saturated rings. The van der Waals surface area contributed by atoms with Crippen molar-refractivity contribution in [1.82, 2.24) is 10.1 Å². The summed E-state index contributed by atoms with van der Waals surface area (Å²) in [5.74, 6) is 0.331. The lowest BCUT2D eigenvalue weighted by atomic mass is 10.1. The first kappa shape index (κ1) is 13.8. The van der Waals surface area contributed by atoms with Crippen molar-refractivity contribution in [2.24, 2.45) is 0 Å². The van der Waals surface area contributed by atoms with Crippen molar-refractivity contribution >= 4 is 21.6 Å². The van der Waals surface area contributed by atoms with Crippen LogP contribution in [0.1, 0.15) is 5.56 Å². The van der Waals surface area contributed by atoms with E-state index in [1.54, 1.807) is 18.2 Å². The predicted molar refractivity (Wildman–Crippen MR) is 82.0 cm³/mol. The van der Waals surface area contributed by atoms with Crippen LogP contribution in [0.5, 0.6) is 0 Å². The van der Waals surface area contributed by atoms with E-state index in [-0.39, 0.29) is 5.82 Å². The van der Waals surface area contributed by atoms with Crippen molar-refractivity contribution in [1.29, 1.82) is 0 Å². The standard InChI is InChI=1S/C15H11BrFN3O/c1-8-6-9(2-5-13(8)18)15-19-14(20-21-15)11-7-10(17)3-4-12(11)16/h2-7H,18H2,1H3. The van der Waals surface area contributed by atoms with Gasteiger partial charge in [-0.05, 0) is 48.9 Å². The third-order valence-corrected chi connectivity index (χ3v) is 3.80. The normalized spacial score (nSPS) is 10.8. The molecule has 2 aromatic carbocycles. The van der Waals surface area contributed by atoms with Gasteiger partial charge in [-0.25, -0.2) is 4.39 Å². The van der Waals surface area contributed by atoms with E-state index >= 15 is 0 Å². The Bertz CT molecular complexity index is 816. The minimum atomic E-state index is -0.358. The molecule has 106 valence electrons. The number of hydrogen-bond donors (Lipinski definition) is 1. The maximum absolute atomic E-state index is 13.3. The van der Waals surface area contributed by atoms with E-state index in [1.165, 1.54) is 12.1 Å². The second-order valence-corrected chi connectivity index (χ2v) is 5.47. The lowest BCUT2D eigenvalue weighted by Crippen LogP contribution is -1.89. The number of aryl methyl sites for hydroxylation is 1. The molecule has 21 heavy (non-hydrogen) atoms. The van der Waals surface area contributed by atoms with E-state index in [1.807, 2.05) is 13.0 Å². The fraction of sp³-hybridized carbons (Fsp3) is 0.0667. The lowest BCUT2D eigenvalue weighted by molar-refractivity contribution is 0.432. The van der Waals surface area contributed by atoms with Gasteiger partial charge in [0.15, 0.2) is 0 Å². The molecular formula is C15H11BrFN3O. The molecule has 3 rings (SSSR count). The lowest BCUT2D eigenvalue weighted by Gasteiger charge is -2.00. The highest BCUT2D eigenvalue weighted by molar-refractivity contribution is 9.10. The first-order valence-electron chi connectivity index (χ1n) is 6.20. The molecule has 0 aliphatic rings. The number of benzene rings is 2. The highest BCUT2D eigenvalue weighted by Gasteiger charge is 2.14. The average molecular weight is 348 g/mol. The summed E-state index contributed by atoms with van der Waals surface area (Å²) in [6.07, 6.45) is 0. The maximum atomic E-state index is 13.3. The Morgan fingerprint density at radius 3 is 2.76 bits per heavy atom. The Hall–Kier alpha value is -2.21. The smallest absolute Gasteiger partial charge is 0.258 e. The van der Waals surface area contributed by atoms with Gasteiger partial charge in [-0.3, -0.25) is 0 Å². The number of rotatable bonds is 2. The topological polar surface area (TPSA) is 64.9 Å².